The summed E-state index contributed by atoms with van der Waals surface area (Å²) in [5.41, 5.74) is 0.759. The second-order valence-corrected chi connectivity index (χ2v) is 3.96. The van der Waals surface area contributed by atoms with E-state index in [1.54, 1.807) is 18.2 Å². The summed E-state index contributed by atoms with van der Waals surface area (Å²) in [4.78, 5) is 24.5. The number of carbonyl (C=O) groups excluding carboxylic acids is 2. The number of rotatable bonds is 2. The number of ether oxygens (including phenoxy) is 2. The normalized spacial score (nSPS) is 18.4. The molecule has 1 heterocycles. The molecule has 6 heteroatoms. The summed E-state index contributed by atoms with van der Waals surface area (Å²) in [7, 11) is 1.28. The number of hydrogen-bond donors (Lipinski definition) is 0. The molecule has 0 aliphatic carbocycles. The fraction of sp³-hybridized carbons (Fsp3) is 0.308. The minimum Gasteiger partial charge on any atom is -0.465 e. The van der Waals surface area contributed by atoms with E-state index in [2.05, 4.69) is 10.8 Å². The van der Waals surface area contributed by atoms with E-state index >= 15 is 0 Å². The highest BCUT2D eigenvalue weighted by Crippen LogP contribution is 2.24. The molecule has 2 rings (SSSR count). The largest absolute Gasteiger partial charge is 0.465 e. The Labute approximate surface area is 110 Å². The Morgan fingerprint density at radius 1 is 1.58 bits per heavy atom. The average molecular weight is 260 g/mol. The predicted molar refractivity (Wildman–Crippen MR) is 65.6 cm³/mol. The summed E-state index contributed by atoms with van der Waals surface area (Å²) in [6.07, 6.45) is -0.148. The van der Waals surface area contributed by atoms with Crippen LogP contribution >= 0.6 is 0 Å². The van der Waals surface area contributed by atoms with Crippen LogP contribution in [0.25, 0.3) is 0 Å². The summed E-state index contributed by atoms with van der Waals surface area (Å²) in [5, 5.41) is 9.07. The monoisotopic (exact) mass is 260 g/mol. The van der Waals surface area contributed by atoms with E-state index in [-0.39, 0.29) is 6.61 Å². The van der Waals surface area contributed by atoms with Crippen LogP contribution < -0.4 is 4.90 Å². The van der Waals surface area contributed by atoms with Gasteiger partial charge in [0, 0.05) is 12.1 Å². The Kier molecular flexibility index (Phi) is 3.66. The molecule has 0 aromatic heterocycles. The molecule has 0 radical (unpaired) electrons. The second kappa shape index (κ2) is 5.40. The van der Waals surface area contributed by atoms with Crippen molar-refractivity contribution in [3.05, 3.63) is 29.8 Å². The Morgan fingerprint density at radius 3 is 3.05 bits per heavy atom. The standard InChI is InChI=1S/C13H12N2O4/c1-18-12(16)9-3-2-4-10(7-9)15-11(8-14)5-6-19-13(15)17/h2-4,7,11H,5-6H2,1H3. The highest BCUT2D eigenvalue weighted by molar-refractivity contribution is 5.94. The van der Waals surface area contributed by atoms with Crippen molar-refractivity contribution in [1.29, 1.82) is 5.26 Å². The van der Waals surface area contributed by atoms with Crippen molar-refractivity contribution in [2.24, 2.45) is 0 Å². The number of esters is 1. The SMILES string of the molecule is COC(=O)c1cccc(N2C(=O)OCCC2C#N)c1. The molecule has 1 unspecified atom stereocenters. The molecule has 1 aliphatic rings. The molecule has 1 saturated heterocycles. The maximum Gasteiger partial charge on any atom is 0.415 e. The number of cyclic esters (lactones) is 1. The van der Waals surface area contributed by atoms with E-state index in [1.807, 2.05) is 0 Å². The van der Waals surface area contributed by atoms with Gasteiger partial charge in [-0.15, -0.1) is 0 Å². The molecule has 0 bridgehead atoms. The lowest BCUT2D eigenvalue weighted by Crippen LogP contribution is -2.45. The third kappa shape index (κ3) is 2.50. The Balaban J connectivity index is 2.37. The molecular formula is C13H12N2O4. The number of methoxy groups -OCH3 is 1. The van der Waals surface area contributed by atoms with E-state index in [0.717, 1.165) is 0 Å². The molecule has 0 spiro atoms. The van der Waals surface area contributed by atoms with Gasteiger partial charge in [0.15, 0.2) is 0 Å². The zero-order chi connectivity index (χ0) is 13.8. The van der Waals surface area contributed by atoms with Gasteiger partial charge in [0.05, 0.1) is 25.3 Å². The third-order valence-corrected chi connectivity index (χ3v) is 2.82. The molecule has 6 nitrogen and oxygen atoms in total. The fourth-order valence-electron chi connectivity index (χ4n) is 1.89. The van der Waals surface area contributed by atoms with Gasteiger partial charge >= 0.3 is 12.1 Å². The molecule has 0 saturated carbocycles. The third-order valence-electron chi connectivity index (χ3n) is 2.82. The lowest BCUT2D eigenvalue weighted by Gasteiger charge is -2.30. The molecule has 98 valence electrons. The average Bonchev–Trinajstić information content (AvgIpc) is 2.46. The zero-order valence-corrected chi connectivity index (χ0v) is 10.3. The molecule has 19 heavy (non-hydrogen) atoms. The van der Waals surface area contributed by atoms with Crippen molar-refractivity contribution in [2.75, 3.05) is 18.6 Å². The van der Waals surface area contributed by atoms with Gasteiger partial charge in [-0.25, -0.2) is 9.59 Å². The Hall–Kier alpha value is -2.55. The van der Waals surface area contributed by atoms with Crippen LogP contribution in [0.15, 0.2) is 24.3 Å². The van der Waals surface area contributed by atoms with Crippen molar-refractivity contribution in [3.63, 3.8) is 0 Å². The molecular weight excluding hydrogens is 248 g/mol. The molecule has 1 aliphatic heterocycles. The van der Waals surface area contributed by atoms with Crippen molar-refractivity contribution in [3.8, 4) is 6.07 Å². The van der Waals surface area contributed by atoms with Crippen molar-refractivity contribution in [2.45, 2.75) is 12.5 Å². The number of carbonyl (C=O) groups is 2. The topological polar surface area (TPSA) is 79.6 Å². The van der Waals surface area contributed by atoms with Crippen LogP contribution in [0, 0.1) is 11.3 Å². The van der Waals surface area contributed by atoms with Gasteiger partial charge in [-0.3, -0.25) is 4.90 Å². The van der Waals surface area contributed by atoms with Gasteiger partial charge in [0.2, 0.25) is 0 Å². The van der Waals surface area contributed by atoms with Gasteiger partial charge in [-0.05, 0) is 18.2 Å². The maximum atomic E-state index is 11.8. The van der Waals surface area contributed by atoms with E-state index in [4.69, 9.17) is 10.00 Å². The number of benzene rings is 1. The molecule has 1 aromatic carbocycles. The first-order valence-electron chi connectivity index (χ1n) is 5.71. The number of amides is 1. The molecule has 1 atom stereocenters. The molecule has 1 aromatic rings. The quantitative estimate of drug-likeness (QED) is 0.756. The number of nitriles is 1. The van der Waals surface area contributed by atoms with Crippen LogP contribution in [0.2, 0.25) is 0 Å². The summed E-state index contributed by atoms with van der Waals surface area (Å²) < 4.78 is 9.54. The summed E-state index contributed by atoms with van der Waals surface area (Å²) in [6, 6.07) is 7.81. The minimum atomic E-state index is -0.589. The number of hydrogen-bond acceptors (Lipinski definition) is 5. The molecule has 1 amide bonds. The highest BCUT2D eigenvalue weighted by atomic mass is 16.6. The van der Waals surface area contributed by atoms with Crippen molar-refractivity contribution in [1.82, 2.24) is 0 Å². The first kappa shape index (κ1) is 12.9. The van der Waals surface area contributed by atoms with Gasteiger partial charge in [0.1, 0.15) is 6.04 Å². The Morgan fingerprint density at radius 2 is 2.37 bits per heavy atom. The van der Waals surface area contributed by atoms with Gasteiger partial charge in [-0.2, -0.15) is 5.26 Å². The predicted octanol–water partition coefficient (Wildman–Crippen LogP) is 1.71. The van der Waals surface area contributed by atoms with Crippen LogP contribution in [0.5, 0.6) is 0 Å². The maximum absolute atomic E-state index is 11.8. The van der Waals surface area contributed by atoms with Crippen LogP contribution in [-0.4, -0.2) is 31.8 Å². The van der Waals surface area contributed by atoms with Crippen molar-refractivity contribution >= 4 is 17.7 Å². The molecule has 1 fully saturated rings. The van der Waals surface area contributed by atoms with Crippen LogP contribution in [0.4, 0.5) is 10.5 Å². The molecule has 0 N–H and O–H groups in total. The van der Waals surface area contributed by atoms with Gasteiger partial charge in [0.25, 0.3) is 0 Å². The van der Waals surface area contributed by atoms with E-state index in [9.17, 15) is 9.59 Å². The highest BCUT2D eigenvalue weighted by Gasteiger charge is 2.31. The second-order valence-electron chi connectivity index (χ2n) is 3.96. The van der Waals surface area contributed by atoms with Crippen molar-refractivity contribution < 1.29 is 19.1 Å². The smallest absolute Gasteiger partial charge is 0.415 e. The lowest BCUT2D eigenvalue weighted by molar-refractivity contribution is 0.0600. The van der Waals surface area contributed by atoms with E-state index in [1.165, 1.54) is 18.1 Å². The first-order valence-corrected chi connectivity index (χ1v) is 5.71. The van der Waals surface area contributed by atoms with E-state index < -0.39 is 18.1 Å². The fourth-order valence-corrected chi connectivity index (χ4v) is 1.89. The Bertz CT molecular complexity index is 550. The van der Waals surface area contributed by atoms with Crippen LogP contribution in [-0.2, 0) is 9.47 Å². The number of anilines is 1. The zero-order valence-electron chi connectivity index (χ0n) is 10.3. The lowest BCUT2D eigenvalue weighted by atomic mass is 10.1. The van der Waals surface area contributed by atoms with Gasteiger partial charge in [-0.1, -0.05) is 6.07 Å². The van der Waals surface area contributed by atoms with E-state index in [0.29, 0.717) is 17.7 Å². The summed E-state index contributed by atoms with van der Waals surface area (Å²) in [5.74, 6) is -0.499. The minimum absolute atomic E-state index is 0.226. The first-order chi connectivity index (χ1) is 9.17. The summed E-state index contributed by atoms with van der Waals surface area (Å²) >= 11 is 0. The summed E-state index contributed by atoms with van der Waals surface area (Å²) in [6.45, 7) is 0.226. The van der Waals surface area contributed by atoms with Gasteiger partial charge < -0.3 is 9.47 Å². The van der Waals surface area contributed by atoms with Crippen LogP contribution in [0.1, 0.15) is 16.8 Å². The number of nitrogens with zero attached hydrogens (tertiary/aromatic N) is 2. The van der Waals surface area contributed by atoms with Crippen LogP contribution in [0.3, 0.4) is 0 Å².